The second kappa shape index (κ2) is 8.19. The maximum absolute atomic E-state index is 12.9. The molecule has 0 fully saturated rings. The van der Waals surface area contributed by atoms with Gasteiger partial charge in [-0.1, -0.05) is 23.7 Å². The molecule has 28 heavy (non-hydrogen) atoms. The average Bonchev–Trinajstić information content (AvgIpc) is 2.89. The molecule has 0 aliphatic heterocycles. The van der Waals surface area contributed by atoms with Crippen LogP contribution in [0.1, 0.15) is 27.3 Å². The lowest BCUT2D eigenvalue weighted by Gasteiger charge is -2.07. The van der Waals surface area contributed by atoms with Gasteiger partial charge in [-0.15, -0.1) is 0 Å². The Hall–Kier alpha value is -1.96. The number of aromatic nitrogens is 2. The standard InChI is InChI=1S/C20H19BrClN3O2S/c1-13-19(21)14(2)25(23-13)12-15-5-4-6-16(11-15)20(26)24-28(3,27)18-9-7-17(22)8-10-18/h4-11H,12H2,1-3H3. The van der Waals surface area contributed by atoms with Crippen molar-refractivity contribution < 1.29 is 9.00 Å². The lowest BCUT2D eigenvalue weighted by Crippen LogP contribution is -2.07. The van der Waals surface area contributed by atoms with Crippen molar-refractivity contribution in [2.75, 3.05) is 6.26 Å². The van der Waals surface area contributed by atoms with Crippen molar-refractivity contribution in [1.82, 2.24) is 9.78 Å². The van der Waals surface area contributed by atoms with Crippen LogP contribution in [0.15, 0.2) is 62.3 Å². The molecule has 1 unspecified atom stereocenters. The lowest BCUT2D eigenvalue weighted by atomic mass is 10.1. The highest BCUT2D eigenvalue weighted by Crippen LogP contribution is 2.21. The van der Waals surface area contributed by atoms with Crippen molar-refractivity contribution in [3.8, 4) is 0 Å². The SMILES string of the molecule is Cc1nn(Cc2cccc(C(=O)N=S(C)(=O)c3ccc(Cl)cc3)c2)c(C)c1Br. The zero-order chi connectivity index (χ0) is 20.5. The van der Waals surface area contributed by atoms with E-state index in [2.05, 4.69) is 25.4 Å². The first-order valence-corrected chi connectivity index (χ1v) is 11.6. The normalized spacial score (nSPS) is 13.2. The first-order chi connectivity index (χ1) is 13.2. The molecule has 3 rings (SSSR count). The Bertz CT molecular complexity index is 1160. The highest BCUT2D eigenvalue weighted by Gasteiger charge is 2.13. The van der Waals surface area contributed by atoms with Crippen LogP contribution >= 0.6 is 27.5 Å². The predicted molar refractivity (Wildman–Crippen MR) is 115 cm³/mol. The van der Waals surface area contributed by atoms with E-state index in [0.29, 0.717) is 22.0 Å². The fraction of sp³-hybridized carbons (Fsp3) is 0.200. The van der Waals surface area contributed by atoms with Crippen LogP contribution in [-0.4, -0.2) is 26.2 Å². The van der Waals surface area contributed by atoms with Gasteiger partial charge in [0.15, 0.2) is 0 Å². The molecule has 8 heteroatoms. The summed E-state index contributed by atoms with van der Waals surface area (Å²) in [4.78, 5) is 13.1. The summed E-state index contributed by atoms with van der Waals surface area (Å²) < 4.78 is 19.7. The Morgan fingerprint density at radius 1 is 1.21 bits per heavy atom. The number of aryl methyl sites for hydroxylation is 1. The van der Waals surface area contributed by atoms with Crippen LogP contribution in [0.3, 0.4) is 0 Å². The first kappa shape index (κ1) is 20.8. The number of halogens is 2. The average molecular weight is 481 g/mol. The van der Waals surface area contributed by atoms with Crippen LogP contribution in [0.5, 0.6) is 0 Å². The minimum Gasteiger partial charge on any atom is -0.266 e. The zero-order valence-corrected chi connectivity index (χ0v) is 18.8. The number of hydrogen-bond acceptors (Lipinski definition) is 3. The minimum absolute atomic E-state index is 0.390. The monoisotopic (exact) mass is 479 g/mol. The van der Waals surface area contributed by atoms with Crippen LogP contribution < -0.4 is 0 Å². The highest BCUT2D eigenvalue weighted by molar-refractivity contribution is 9.10. The summed E-state index contributed by atoms with van der Waals surface area (Å²) in [5.74, 6) is -0.515. The highest BCUT2D eigenvalue weighted by atomic mass is 79.9. The number of amides is 1. The van der Waals surface area contributed by atoms with Crippen LogP contribution in [0, 0.1) is 13.8 Å². The Morgan fingerprint density at radius 3 is 2.50 bits per heavy atom. The third-order valence-electron chi connectivity index (χ3n) is 4.31. The second-order valence-electron chi connectivity index (χ2n) is 6.50. The molecule has 0 aliphatic carbocycles. The molecule has 5 nitrogen and oxygen atoms in total. The van der Waals surface area contributed by atoms with Gasteiger partial charge >= 0.3 is 0 Å². The van der Waals surface area contributed by atoms with E-state index < -0.39 is 15.6 Å². The third-order valence-corrected chi connectivity index (χ3v) is 7.37. The second-order valence-corrected chi connectivity index (χ2v) is 9.98. The van der Waals surface area contributed by atoms with E-state index in [4.69, 9.17) is 11.6 Å². The first-order valence-electron chi connectivity index (χ1n) is 8.48. The molecule has 146 valence electrons. The quantitative estimate of drug-likeness (QED) is 0.511. The molecule has 3 aromatic rings. The fourth-order valence-corrected chi connectivity index (χ4v) is 4.33. The lowest BCUT2D eigenvalue weighted by molar-refractivity contribution is 0.100. The number of nitrogens with zero attached hydrogens (tertiary/aromatic N) is 3. The molecule has 0 bridgehead atoms. The molecule has 0 saturated heterocycles. The molecule has 1 atom stereocenters. The van der Waals surface area contributed by atoms with Gasteiger partial charge in [0.2, 0.25) is 0 Å². The number of hydrogen-bond donors (Lipinski definition) is 0. The molecule has 0 aliphatic rings. The van der Waals surface area contributed by atoms with Crippen molar-refractivity contribution in [3.63, 3.8) is 0 Å². The van der Waals surface area contributed by atoms with Gasteiger partial charge < -0.3 is 0 Å². The van der Waals surface area contributed by atoms with Crippen LogP contribution in [-0.2, 0) is 16.3 Å². The molecular weight excluding hydrogens is 462 g/mol. The van der Waals surface area contributed by atoms with Gasteiger partial charge in [0, 0.05) is 21.7 Å². The molecular formula is C20H19BrClN3O2S. The summed E-state index contributed by atoms with van der Waals surface area (Å²) in [7, 11) is -2.86. The maximum atomic E-state index is 12.9. The van der Waals surface area contributed by atoms with Gasteiger partial charge in [-0.3, -0.25) is 9.48 Å². The third kappa shape index (κ3) is 4.54. The Labute approximate surface area is 178 Å². The van der Waals surface area contributed by atoms with Gasteiger partial charge in [-0.25, -0.2) is 4.21 Å². The molecule has 0 spiro atoms. The number of rotatable bonds is 4. The van der Waals surface area contributed by atoms with Crippen LogP contribution in [0.4, 0.5) is 0 Å². The Balaban J connectivity index is 1.88. The van der Waals surface area contributed by atoms with Crippen molar-refractivity contribution in [3.05, 3.63) is 80.5 Å². The summed E-state index contributed by atoms with van der Waals surface area (Å²) >= 11 is 9.39. The Morgan fingerprint density at radius 2 is 1.89 bits per heavy atom. The number of carbonyl (C=O) groups is 1. The Kier molecular flexibility index (Phi) is 6.07. The zero-order valence-electron chi connectivity index (χ0n) is 15.6. The van der Waals surface area contributed by atoms with Crippen molar-refractivity contribution in [1.29, 1.82) is 0 Å². The van der Waals surface area contributed by atoms with Crippen molar-refractivity contribution in [2.45, 2.75) is 25.3 Å². The summed E-state index contributed by atoms with van der Waals surface area (Å²) in [6, 6.07) is 13.6. The molecule has 0 radical (unpaired) electrons. The molecule has 1 aromatic heterocycles. The van der Waals surface area contributed by atoms with Gasteiger partial charge in [0.05, 0.1) is 32.1 Å². The fourth-order valence-electron chi connectivity index (χ4n) is 2.76. The van der Waals surface area contributed by atoms with Gasteiger partial charge in [0.1, 0.15) is 0 Å². The summed E-state index contributed by atoms with van der Waals surface area (Å²) in [5.41, 5.74) is 3.22. The summed E-state index contributed by atoms with van der Waals surface area (Å²) in [6.45, 7) is 4.44. The van der Waals surface area contributed by atoms with E-state index >= 15 is 0 Å². The van der Waals surface area contributed by atoms with E-state index in [1.807, 2.05) is 24.6 Å². The van der Waals surface area contributed by atoms with Crippen LogP contribution in [0.2, 0.25) is 5.02 Å². The van der Waals surface area contributed by atoms with Gasteiger partial charge in [-0.05, 0) is 71.7 Å². The molecule has 1 heterocycles. The smallest absolute Gasteiger partial charge is 0.266 e. The summed E-state index contributed by atoms with van der Waals surface area (Å²) in [5, 5.41) is 5.03. The van der Waals surface area contributed by atoms with E-state index in [1.165, 1.54) is 6.26 Å². The predicted octanol–water partition coefficient (Wildman–Crippen LogP) is 5.26. The van der Waals surface area contributed by atoms with Gasteiger partial charge in [-0.2, -0.15) is 9.46 Å². The van der Waals surface area contributed by atoms with Crippen molar-refractivity contribution in [2.24, 2.45) is 4.36 Å². The van der Waals surface area contributed by atoms with E-state index in [9.17, 15) is 9.00 Å². The number of benzene rings is 2. The minimum atomic E-state index is -2.86. The molecule has 0 saturated carbocycles. The molecule has 0 N–H and O–H groups in total. The van der Waals surface area contributed by atoms with E-state index in [0.717, 1.165) is 21.4 Å². The summed E-state index contributed by atoms with van der Waals surface area (Å²) in [6.07, 6.45) is 1.45. The van der Waals surface area contributed by atoms with E-state index in [-0.39, 0.29) is 0 Å². The molecule has 2 aromatic carbocycles. The number of carbonyl (C=O) groups excluding carboxylic acids is 1. The maximum Gasteiger partial charge on any atom is 0.285 e. The van der Waals surface area contributed by atoms with Crippen molar-refractivity contribution >= 4 is 43.2 Å². The van der Waals surface area contributed by atoms with E-state index in [1.54, 1.807) is 42.5 Å². The topological polar surface area (TPSA) is 64.3 Å². The molecule has 1 amide bonds. The largest absolute Gasteiger partial charge is 0.285 e. The van der Waals surface area contributed by atoms with Crippen LogP contribution in [0.25, 0.3) is 0 Å². The van der Waals surface area contributed by atoms with Gasteiger partial charge in [0.25, 0.3) is 5.91 Å².